The lowest BCUT2D eigenvalue weighted by Gasteiger charge is -2.50. The fourth-order valence-corrected chi connectivity index (χ4v) is 3.48. The Labute approximate surface area is 97.8 Å². The van der Waals surface area contributed by atoms with Crippen molar-refractivity contribution in [2.75, 3.05) is 19.7 Å². The van der Waals surface area contributed by atoms with Crippen LogP contribution in [-0.4, -0.2) is 47.4 Å². The predicted molar refractivity (Wildman–Crippen MR) is 62.4 cm³/mol. The summed E-state index contributed by atoms with van der Waals surface area (Å²) in [5.74, 6) is 0. The first-order valence-corrected chi connectivity index (χ1v) is 6.84. The molecule has 1 aliphatic carbocycles. The van der Waals surface area contributed by atoms with E-state index in [1.165, 1.54) is 32.1 Å². The van der Waals surface area contributed by atoms with E-state index in [9.17, 15) is 5.11 Å². The first kappa shape index (κ1) is 11.0. The Morgan fingerprint density at radius 1 is 1.12 bits per heavy atom. The Kier molecular flexibility index (Phi) is 2.94. The summed E-state index contributed by atoms with van der Waals surface area (Å²) >= 11 is 0. The molecule has 0 aromatic heterocycles. The largest absolute Gasteiger partial charge is 0.393 e. The molecule has 0 aromatic carbocycles. The third-order valence-corrected chi connectivity index (χ3v) is 4.75. The minimum Gasteiger partial charge on any atom is -0.393 e. The molecule has 1 unspecified atom stereocenters. The van der Waals surface area contributed by atoms with Gasteiger partial charge in [-0.25, -0.2) is 0 Å². The van der Waals surface area contributed by atoms with Crippen LogP contribution in [0.15, 0.2) is 0 Å². The number of ether oxygens (including phenoxy) is 1. The highest BCUT2D eigenvalue weighted by atomic mass is 16.5. The van der Waals surface area contributed by atoms with E-state index in [0.717, 1.165) is 38.6 Å². The van der Waals surface area contributed by atoms with E-state index >= 15 is 0 Å². The van der Waals surface area contributed by atoms with Crippen molar-refractivity contribution < 1.29 is 9.84 Å². The van der Waals surface area contributed by atoms with Gasteiger partial charge in [-0.05, 0) is 44.9 Å². The standard InChI is InChI=1S/C13H23NO2/c15-12-2-7-14(8-3-12)11-4-9-16-13(10-11)5-1-6-13/h11-12,15H,1-10H2. The molecule has 0 bridgehead atoms. The van der Waals surface area contributed by atoms with Crippen molar-refractivity contribution in [2.45, 2.75) is 62.7 Å². The van der Waals surface area contributed by atoms with Gasteiger partial charge in [0.2, 0.25) is 0 Å². The van der Waals surface area contributed by atoms with E-state index in [1.807, 2.05) is 0 Å². The van der Waals surface area contributed by atoms with E-state index in [0.29, 0.717) is 0 Å². The molecule has 2 saturated heterocycles. The third-order valence-electron chi connectivity index (χ3n) is 4.75. The first-order valence-electron chi connectivity index (χ1n) is 6.84. The van der Waals surface area contributed by atoms with Gasteiger partial charge in [0.05, 0.1) is 11.7 Å². The van der Waals surface area contributed by atoms with Gasteiger partial charge >= 0.3 is 0 Å². The summed E-state index contributed by atoms with van der Waals surface area (Å²) in [5, 5.41) is 9.53. The molecular formula is C13H23NO2. The molecule has 0 radical (unpaired) electrons. The van der Waals surface area contributed by atoms with Crippen LogP contribution in [0.2, 0.25) is 0 Å². The van der Waals surface area contributed by atoms with Gasteiger partial charge in [0.15, 0.2) is 0 Å². The second-order valence-corrected chi connectivity index (χ2v) is 5.80. The number of piperidine rings is 1. The quantitative estimate of drug-likeness (QED) is 0.735. The lowest BCUT2D eigenvalue weighted by atomic mass is 9.73. The van der Waals surface area contributed by atoms with E-state index in [2.05, 4.69) is 4.90 Å². The monoisotopic (exact) mass is 225 g/mol. The second-order valence-electron chi connectivity index (χ2n) is 5.80. The third kappa shape index (κ3) is 2.01. The molecule has 1 saturated carbocycles. The summed E-state index contributed by atoms with van der Waals surface area (Å²) in [6, 6.07) is 0.724. The van der Waals surface area contributed by atoms with Crippen LogP contribution >= 0.6 is 0 Å². The Balaban J connectivity index is 1.57. The fourth-order valence-electron chi connectivity index (χ4n) is 3.48. The summed E-state index contributed by atoms with van der Waals surface area (Å²) in [6.45, 7) is 3.12. The average molecular weight is 225 g/mol. The second kappa shape index (κ2) is 4.28. The SMILES string of the molecule is OC1CCN(C2CCOC3(CCC3)C2)CC1. The maximum Gasteiger partial charge on any atom is 0.0697 e. The highest BCUT2D eigenvalue weighted by Gasteiger charge is 2.44. The van der Waals surface area contributed by atoms with E-state index in [-0.39, 0.29) is 11.7 Å². The number of hydrogen-bond donors (Lipinski definition) is 1. The van der Waals surface area contributed by atoms with Gasteiger partial charge in [-0.1, -0.05) is 0 Å². The number of aliphatic hydroxyl groups is 1. The lowest BCUT2D eigenvalue weighted by molar-refractivity contribution is -0.151. The molecular weight excluding hydrogens is 202 g/mol. The molecule has 3 rings (SSSR count). The molecule has 3 nitrogen and oxygen atoms in total. The average Bonchev–Trinajstić information content (AvgIpc) is 2.28. The smallest absolute Gasteiger partial charge is 0.0697 e. The van der Waals surface area contributed by atoms with E-state index < -0.39 is 0 Å². The van der Waals surface area contributed by atoms with Gasteiger partial charge < -0.3 is 9.84 Å². The van der Waals surface area contributed by atoms with Gasteiger partial charge in [0.25, 0.3) is 0 Å². The van der Waals surface area contributed by atoms with Gasteiger partial charge in [0.1, 0.15) is 0 Å². The van der Waals surface area contributed by atoms with Gasteiger partial charge in [-0.2, -0.15) is 0 Å². The van der Waals surface area contributed by atoms with Crippen molar-refractivity contribution in [3.05, 3.63) is 0 Å². The number of hydrogen-bond acceptors (Lipinski definition) is 3. The fraction of sp³-hybridized carbons (Fsp3) is 1.00. The van der Waals surface area contributed by atoms with E-state index in [4.69, 9.17) is 4.74 Å². The Bertz CT molecular complexity index is 244. The van der Waals surface area contributed by atoms with Crippen molar-refractivity contribution >= 4 is 0 Å². The Morgan fingerprint density at radius 2 is 1.88 bits per heavy atom. The predicted octanol–water partition coefficient (Wildman–Crippen LogP) is 1.54. The molecule has 3 aliphatic rings. The van der Waals surface area contributed by atoms with Crippen molar-refractivity contribution in [1.29, 1.82) is 0 Å². The van der Waals surface area contributed by atoms with E-state index in [1.54, 1.807) is 0 Å². The molecule has 1 spiro atoms. The normalized spacial score (nSPS) is 36.2. The minimum atomic E-state index is -0.0475. The van der Waals surface area contributed by atoms with Crippen LogP contribution in [0, 0.1) is 0 Å². The van der Waals surface area contributed by atoms with Crippen molar-refractivity contribution in [3.8, 4) is 0 Å². The molecule has 3 heteroatoms. The van der Waals surface area contributed by atoms with Crippen LogP contribution in [0.5, 0.6) is 0 Å². The molecule has 0 aromatic rings. The van der Waals surface area contributed by atoms with Crippen LogP contribution in [0.4, 0.5) is 0 Å². The number of rotatable bonds is 1. The minimum absolute atomic E-state index is 0.0475. The topological polar surface area (TPSA) is 32.7 Å². The molecule has 2 heterocycles. The highest BCUT2D eigenvalue weighted by molar-refractivity contribution is 4.97. The zero-order valence-corrected chi connectivity index (χ0v) is 10.0. The highest BCUT2D eigenvalue weighted by Crippen LogP contribution is 2.43. The number of aliphatic hydroxyl groups excluding tert-OH is 1. The zero-order valence-electron chi connectivity index (χ0n) is 10.0. The zero-order chi connectivity index (χ0) is 11.0. The lowest BCUT2D eigenvalue weighted by Crippen LogP contribution is -2.53. The van der Waals surface area contributed by atoms with Crippen LogP contribution in [-0.2, 0) is 4.74 Å². The Morgan fingerprint density at radius 3 is 2.50 bits per heavy atom. The summed E-state index contributed by atoms with van der Waals surface area (Å²) in [7, 11) is 0. The summed E-state index contributed by atoms with van der Waals surface area (Å²) < 4.78 is 5.97. The van der Waals surface area contributed by atoms with Gasteiger partial charge in [-0.3, -0.25) is 4.90 Å². The van der Waals surface area contributed by atoms with Crippen molar-refractivity contribution in [3.63, 3.8) is 0 Å². The molecule has 3 fully saturated rings. The van der Waals surface area contributed by atoms with Crippen molar-refractivity contribution in [1.82, 2.24) is 4.90 Å². The summed E-state index contributed by atoms with van der Waals surface area (Å²) in [6.07, 6.45) is 8.22. The summed E-state index contributed by atoms with van der Waals surface area (Å²) in [4.78, 5) is 2.59. The maximum absolute atomic E-state index is 9.53. The molecule has 0 amide bonds. The maximum atomic E-state index is 9.53. The van der Waals surface area contributed by atoms with Crippen LogP contribution < -0.4 is 0 Å². The van der Waals surface area contributed by atoms with Crippen LogP contribution in [0.25, 0.3) is 0 Å². The molecule has 16 heavy (non-hydrogen) atoms. The van der Waals surface area contributed by atoms with Gasteiger partial charge in [0, 0.05) is 25.7 Å². The number of nitrogens with zero attached hydrogens (tertiary/aromatic N) is 1. The van der Waals surface area contributed by atoms with Gasteiger partial charge in [-0.15, -0.1) is 0 Å². The number of likely N-dealkylation sites (tertiary alicyclic amines) is 1. The summed E-state index contributed by atoms with van der Waals surface area (Å²) in [5.41, 5.74) is 0.263. The molecule has 2 aliphatic heterocycles. The molecule has 1 N–H and O–H groups in total. The first-order chi connectivity index (χ1) is 7.77. The molecule has 92 valence electrons. The van der Waals surface area contributed by atoms with Crippen LogP contribution in [0.1, 0.15) is 44.9 Å². The van der Waals surface area contributed by atoms with Crippen LogP contribution in [0.3, 0.4) is 0 Å². The Hall–Kier alpha value is -0.120. The molecule has 1 atom stereocenters. The van der Waals surface area contributed by atoms with Crippen molar-refractivity contribution in [2.24, 2.45) is 0 Å².